The van der Waals surface area contributed by atoms with Gasteiger partial charge in [-0.15, -0.1) is 11.3 Å². The van der Waals surface area contributed by atoms with E-state index in [1.165, 1.54) is 4.88 Å². The van der Waals surface area contributed by atoms with E-state index in [0.29, 0.717) is 0 Å². The van der Waals surface area contributed by atoms with Gasteiger partial charge >= 0.3 is 0 Å². The molecule has 1 N–H and O–H groups in total. The predicted octanol–water partition coefficient (Wildman–Crippen LogP) is 1.47. The summed E-state index contributed by atoms with van der Waals surface area (Å²) in [5.41, 5.74) is 1.14. The van der Waals surface area contributed by atoms with E-state index < -0.39 is 0 Å². The second-order valence-electron chi connectivity index (χ2n) is 4.91. The first-order chi connectivity index (χ1) is 8.06. The van der Waals surface area contributed by atoms with Crippen LogP contribution >= 0.6 is 11.3 Å². The van der Waals surface area contributed by atoms with Crippen molar-refractivity contribution in [3.8, 4) is 0 Å². The van der Waals surface area contributed by atoms with Gasteiger partial charge in [0, 0.05) is 38.6 Å². The van der Waals surface area contributed by atoms with E-state index in [0.717, 1.165) is 43.3 Å². The summed E-state index contributed by atoms with van der Waals surface area (Å²) in [6.45, 7) is 5.05. The largest absolute Gasteiger partial charge is 0.393 e. The lowest BCUT2D eigenvalue weighted by Gasteiger charge is -2.29. The zero-order chi connectivity index (χ0) is 12.4. The standard InChI is InChI=1S/C12H21N3OS/c1-9-11(17-12(13-9)14(2)3)8-15-6-4-10(16)5-7-15/h10,16H,4-8H2,1-3H3. The minimum absolute atomic E-state index is 0.0915. The Labute approximate surface area is 107 Å². The number of thiazole rings is 1. The number of aromatic nitrogens is 1. The Kier molecular flexibility index (Phi) is 4.01. The highest BCUT2D eigenvalue weighted by molar-refractivity contribution is 7.15. The number of anilines is 1. The summed E-state index contributed by atoms with van der Waals surface area (Å²) in [6, 6.07) is 0. The summed E-state index contributed by atoms with van der Waals surface area (Å²) in [6.07, 6.45) is 1.71. The van der Waals surface area contributed by atoms with Crippen LogP contribution in [0.2, 0.25) is 0 Å². The summed E-state index contributed by atoms with van der Waals surface area (Å²) >= 11 is 1.77. The van der Waals surface area contributed by atoms with Crippen molar-refractivity contribution in [2.24, 2.45) is 0 Å². The van der Waals surface area contributed by atoms with Gasteiger partial charge in [0.25, 0.3) is 0 Å². The van der Waals surface area contributed by atoms with Gasteiger partial charge < -0.3 is 10.0 Å². The zero-order valence-corrected chi connectivity index (χ0v) is 11.6. The van der Waals surface area contributed by atoms with Crippen molar-refractivity contribution in [1.29, 1.82) is 0 Å². The first-order valence-electron chi connectivity index (χ1n) is 6.10. The molecule has 0 aromatic carbocycles. The maximum absolute atomic E-state index is 9.48. The van der Waals surface area contributed by atoms with Gasteiger partial charge in [0.15, 0.2) is 5.13 Å². The van der Waals surface area contributed by atoms with Gasteiger partial charge in [0.1, 0.15) is 0 Å². The molecule has 0 bridgehead atoms. The third-order valence-corrected chi connectivity index (χ3v) is 4.50. The fraction of sp³-hybridized carbons (Fsp3) is 0.750. The lowest BCUT2D eigenvalue weighted by molar-refractivity contribution is 0.0796. The molecule has 2 rings (SSSR count). The van der Waals surface area contributed by atoms with Crippen LogP contribution in [-0.4, -0.2) is 48.3 Å². The molecular weight excluding hydrogens is 234 g/mol. The third-order valence-electron chi connectivity index (χ3n) is 3.19. The summed E-state index contributed by atoms with van der Waals surface area (Å²) in [5.74, 6) is 0. The topological polar surface area (TPSA) is 39.6 Å². The molecule has 0 atom stereocenters. The van der Waals surface area contributed by atoms with Crippen molar-refractivity contribution in [2.75, 3.05) is 32.1 Å². The number of piperidine rings is 1. The Morgan fingerprint density at radius 3 is 2.59 bits per heavy atom. The molecule has 0 saturated carbocycles. The summed E-state index contributed by atoms with van der Waals surface area (Å²) in [5, 5.41) is 10.6. The Morgan fingerprint density at radius 2 is 2.06 bits per heavy atom. The number of nitrogens with zero attached hydrogens (tertiary/aromatic N) is 3. The highest BCUT2D eigenvalue weighted by atomic mass is 32.1. The molecule has 1 aromatic heterocycles. The number of hydrogen-bond acceptors (Lipinski definition) is 5. The van der Waals surface area contributed by atoms with Crippen LogP contribution in [0.4, 0.5) is 5.13 Å². The lowest BCUT2D eigenvalue weighted by Crippen LogP contribution is -2.35. The van der Waals surface area contributed by atoms with Gasteiger partial charge in [-0.3, -0.25) is 4.90 Å². The summed E-state index contributed by atoms with van der Waals surface area (Å²) < 4.78 is 0. The average molecular weight is 255 g/mol. The molecule has 1 aromatic rings. The molecule has 17 heavy (non-hydrogen) atoms. The normalized spacial score (nSPS) is 18.6. The quantitative estimate of drug-likeness (QED) is 0.888. The zero-order valence-electron chi connectivity index (χ0n) is 10.8. The minimum Gasteiger partial charge on any atom is -0.393 e. The van der Waals surface area contributed by atoms with E-state index in [1.54, 1.807) is 11.3 Å². The molecule has 2 heterocycles. The van der Waals surface area contributed by atoms with Crippen LogP contribution in [0.25, 0.3) is 0 Å². The number of aryl methyl sites for hydroxylation is 1. The second-order valence-corrected chi connectivity index (χ2v) is 5.97. The van der Waals surface area contributed by atoms with Crippen molar-refractivity contribution in [1.82, 2.24) is 9.88 Å². The molecule has 1 fully saturated rings. The van der Waals surface area contributed by atoms with Gasteiger partial charge in [-0.05, 0) is 19.8 Å². The van der Waals surface area contributed by atoms with Crippen LogP contribution in [0, 0.1) is 6.92 Å². The second kappa shape index (κ2) is 5.33. The molecule has 4 nitrogen and oxygen atoms in total. The smallest absolute Gasteiger partial charge is 0.185 e. The molecule has 0 aliphatic carbocycles. The van der Waals surface area contributed by atoms with Crippen LogP contribution in [0.5, 0.6) is 0 Å². The molecule has 1 saturated heterocycles. The number of aliphatic hydroxyl groups excluding tert-OH is 1. The summed E-state index contributed by atoms with van der Waals surface area (Å²) in [4.78, 5) is 10.4. The Hall–Kier alpha value is -0.650. The highest BCUT2D eigenvalue weighted by Gasteiger charge is 2.19. The Morgan fingerprint density at radius 1 is 1.41 bits per heavy atom. The molecule has 0 unspecified atom stereocenters. The molecule has 1 aliphatic rings. The maximum atomic E-state index is 9.48. The first-order valence-corrected chi connectivity index (χ1v) is 6.92. The van der Waals surface area contributed by atoms with Gasteiger partial charge in [-0.1, -0.05) is 0 Å². The van der Waals surface area contributed by atoms with Crippen LogP contribution in [0.1, 0.15) is 23.4 Å². The SMILES string of the molecule is Cc1nc(N(C)C)sc1CN1CCC(O)CC1. The third kappa shape index (κ3) is 3.18. The Bertz CT molecular complexity index is 370. The first kappa shape index (κ1) is 12.8. The van der Waals surface area contributed by atoms with Crippen molar-refractivity contribution in [2.45, 2.75) is 32.4 Å². The van der Waals surface area contributed by atoms with E-state index >= 15 is 0 Å². The fourth-order valence-corrected chi connectivity index (χ4v) is 3.06. The van der Waals surface area contributed by atoms with Crippen LogP contribution < -0.4 is 4.90 Å². The van der Waals surface area contributed by atoms with Crippen LogP contribution in [0.15, 0.2) is 0 Å². The number of rotatable bonds is 3. The maximum Gasteiger partial charge on any atom is 0.185 e. The van der Waals surface area contributed by atoms with E-state index in [9.17, 15) is 5.11 Å². The minimum atomic E-state index is -0.0915. The molecule has 0 amide bonds. The van der Waals surface area contributed by atoms with Gasteiger partial charge in [-0.25, -0.2) is 4.98 Å². The number of hydrogen-bond donors (Lipinski definition) is 1. The van der Waals surface area contributed by atoms with Gasteiger partial charge in [-0.2, -0.15) is 0 Å². The number of aliphatic hydroxyl groups is 1. The molecular formula is C12H21N3OS. The Balaban J connectivity index is 1.98. The van der Waals surface area contributed by atoms with E-state index in [-0.39, 0.29) is 6.10 Å². The van der Waals surface area contributed by atoms with Gasteiger partial charge in [0.05, 0.1) is 11.8 Å². The van der Waals surface area contributed by atoms with Crippen molar-refractivity contribution >= 4 is 16.5 Å². The lowest BCUT2D eigenvalue weighted by atomic mass is 10.1. The monoisotopic (exact) mass is 255 g/mol. The van der Waals surface area contributed by atoms with E-state index in [2.05, 4.69) is 21.7 Å². The molecule has 5 heteroatoms. The highest BCUT2D eigenvalue weighted by Crippen LogP contribution is 2.26. The molecule has 96 valence electrons. The molecule has 0 spiro atoms. The molecule has 0 radical (unpaired) electrons. The van der Waals surface area contributed by atoms with Crippen LogP contribution in [0.3, 0.4) is 0 Å². The van der Waals surface area contributed by atoms with Crippen LogP contribution in [-0.2, 0) is 6.54 Å². The van der Waals surface area contributed by atoms with Crippen molar-refractivity contribution in [3.63, 3.8) is 0 Å². The fourth-order valence-electron chi connectivity index (χ4n) is 2.03. The molecule has 1 aliphatic heterocycles. The van der Waals surface area contributed by atoms with Crippen molar-refractivity contribution < 1.29 is 5.11 Å². The van der Waals surface area contributed by atoms with Crippen molar-refractivity contribution in [3.05, 3.63) is 10.6 Å². The van der Waals surface area contributed by atoms with Gasteiger partial charge in [0.2, 0.25) is 0 Å². The summed E-state index contributed by atoms with van der Waals surface area (Å²) in [7, 11) is 4.05. The van der Waals surface area contributed by atoms with E-state index in [1.807, 2.05) is 14.1 Å². The van der Waals surface area contributed by atoms with E-state index in [4.69, 9.17) is 0 Å². The average Bonchev–Trinajstić information content (AvgIpc) is 2.64. The number of likely N-dealkylation sites (tertiary alicyclic amines) is 1. The predicted molar refractivity (Wildman–Crippen MR) is 71.7 cm³/mol.